The monoisotopic (exact) mass is 370 g/mol. The Labute approximate surface area is 155 Å². The van der Waals surface area contributed by atoms with Gasteiger partial charge in [-0.25, -0.2) is 10.4 Å². The largest absolute Gasteiger partial charge is 0.301 e. The van der Waals surface area contributed by atoms with Crippen LogP contribution in [0.1, 0.15) is 19.3 Å². The molecule has 5 unspecified atom stereocenters. The van der Waals surface area contributed by atoms with Crippen LogP contribution in [0.2, 0.25) is 0 Å². The molecule has 3 heterocycles. The smallest absolute Gasteiger partial charge is 0.253 e. The first-order valence-electron chi connectivity index (χ1n) is 9.73. The Morgan fingerprint density at radius 3 is 2.72 bits per heavy atom. The average molecular weight is 371 g/mol. The molecule has 5 atom stereocenters. The molecule has 3 N–H and O–H groups in total. The first kappa shape index (κ1) is 17.9. The van der Waals surface area contributed by atoms with Crippen molar-refractivity contribution in [3.05, 3.63) is 0 Å². The number of hydrogen-bond donors (Lipinski definition) is 3. The van der Waals surface area contributed by atoms with E-state index in [-0.39, 0.29) is 11.9 Å². The first-order valence-corrected chi connectivity index (χ1v) is 10.2. The summed E-state index contributed by atoms with van der Waals surface area (Å²) in [7, 11) is 2.20. The predicted molar refractivity (Wildman–Crippen MR) is 98.0 cm³/mol. The average Bonchev–Trinajstić information content (AvgIpc) is 3.01. The molecule has 142 valence electrons. The Morgan fingerprint density at radius 2 is 1.92 bits per heavy atom. The highest BCUT2D eigenvalue weighted by atomic mass is 35.5. The summed E-state index contributed by atoms with van der Waals surface area (Å²) < 4.78 is 0. The van der Waals surface area contributed by atoms with Crippen LogP contribution in [0, 0.1) is 11.8 Å². The van der Waals surface area contributed by atoms with Gasteiger partial charge in [-0.1, -0.05) is 6.42 Å². The number of amides is 1. The van der Waals surface area contributed by atoms with Gasteiger partial charge in [0.15, 0.2) is 0 Å². The molecule has 1 amide bonds. The number of halogens is 1. The van der Waals surface area contributed by atoms with Crippen LogP contribution in [0.3, 0.4) is 0 Å². The van der Waals surface area contributed by atoms with Crippen molar-refractivity contribution in [3.63, 3.8) is 0 Å². The third kappa shape index (κ3) is 3.68. The van der Waals surface area contributed by atoms with E-state index in [2.05, 4.69) is 38.1 Å². The van der Waals surface area contributed by atoms with Crippen LogP contribution in [0.5, 0.6) is 0 Å². The van der Waals surface area contributed by atoms with Crippen LogP contribution in [0.15, 0.2) is 0 Å². The van der Waals surface area contributed by atoms with Gasteiger partial charge in [0, 0.05) is 64.9 Å². The highest BCUT2D eigenvalue weighted by Crippen LogP contribution is 2.35. The zero-order valence-electron chi connectivity index (χ0n) is 15.1. The van der Waals surface area contributed by atoms with Crippen LogP contribution in [0.25, 0.3) is 0 Å². The lowest BCUT2D eigenvalue weighted by Crippen LogP contribution is -2.64. The fraction of sp³-hybridized carbons (Fsp3) is 0.941. The number of hydrazine groups is 2. The van der Waals surface area contributed by atoms with E-state index < -0.39 is 5.38 Å². The standard InChI is InChI=1S/C17H31ClN6O/c1-22-14-4-2-3-12(13(14)9-20-22)11-23-5-7-24(8-6-23)15-10-19-21-17(25)16(15)18/h12-16,19-20H,2-11H2,1H3,(H,21,25). The van der Waals surface area contributed by atoms with Crippen molar-refractivity contribution in [1.29, 1.82) is 0 Å². The second-order valence-electron chi connectivity index (χ2n) is 8.07. The van der Waals surface area contributed by atoms with Crippen LogP contribution >= 0.6 is 11.6 Å². The van der Waals surface area contributed by atoms with E-state index in [1.165, 1.54) is 25.8 Å². The molecule has 1 aliphatic carbocycles. The molecule has 4 fully saturated rings. The number of fused-ring (bicyclic) bond motifs is 1. The van der Waals surface area contributed by atoms with Crippen molar-refractivity contribution < 1.29 is 4.79 Å². The third-order valence-corrected chi connectivity index (χ3v) is 7.22. The van der Waals surface area contributed by atoms with Crippen molar-refractivity contribution in [2.45, 2.75) is 36.7 Å². The number of carbonyl (C=O) groups excluding carboxylic acids is 1. The Morgan fingerprint density at radius 1 is 1.12 bits per heavy atom. The summed E-state index contributed by atoms with van der Waals surface area (Å²) in [5.74, 6) is 1.51. The summed E-state index contributed by atoms with van der Waals surface area (Å²) in [4.78, 5) is 16.8. The van der Waals surface area contributed by atoms with E-state index in [4.69, 9.17) is 11.6 Å². The minimum Gasteiger partial charge on any atom is -0.301 e. The molecule has 0 aromatic heterocycles. The molecule has 3 saturated heterocycles. The molecule has 0 radical (unpaired) electrons. The normalized spacial score (nSPS) is 41.5. The van der Waals surface area contributed by atoms with Gasteiger partial charge in [0.2, 0.25) is 0 Å². The van der Waals surface area contributed by atoms with Crippen LogP contribution in [-0.4, -0.2) is 91.0 Å². The molecular weight excluding hydrogens is 340 g/mol. The maximum absolute atomic E-state index is 11.8. The summed E-state index contributed by atoms with van der Waals surface area (Å²) in [6.45, 7) is 7.26. The molecule has 0 spiro atoms. The van der Waals surface area contributed by atoms with E-state index in [0.717, 1.165) is 57.1 Å². The van der Waals surface area contributed by atoms with Gasteiger partial charge in [0.05, 0.1) is 0 Å². The number of alkyl halides is 1. The Bertz CT molecular complexity index is 486. The zero-order valence-corrected chi connectivity index (χ0v) is 15.8. The van der Waals surface area contributed by atoms with Gasteiger partial charge >= 0.3 is 0 Å². The molecule has 0 aromatic rings. The molecule has 4 aliphatic rings. The molecule has 25 heavy (non-hydrogen) atoms. The highest BCUT2D eigenvalue weighted by Gasteiger charge is 2.41. The van der Waals surface area contributed by atoms with E-state index in [0.29, 0.717) is 0 Å². The zero-order chi connectivity index (χ0) is 17.4. The van der Waals surface area contributed by atoms with E-state index >= 15 is 0 Å². The van der Waals surface area contributed by atoms with Gasteiger partial charge in [0.25, 0.3) is 5.91 Å². The van der Waals surface area contributed by atoms with Gasteiger partial charge in [-0.15, -0.1) is 11.6 Å². The molecule has 8 heteroatoms. The molecule has 4 rings (SSSR count). The number of nitrogens with one attached hydrogen (secondary N) is 3. The molecule has 0 aromatic carbocycles. The van der Waals surface area contributed by atoms with Crippen LogP contribution in [0.4, 0.5) is 0 Å². The fourth-order valence-electron chi connectivity index (χ4n) is 5.22. The second kappa shape index (κ2) is 7.66. The second-order valence-corrected chi connectivity index (χ2v) is 8.54. The number of rotatable bonds is 3. The summed E-state index contributed by atoms with van der Waals surface area (Å²) in [6.07, 6.45) is 4.06. The Kier molecular flexibility index (Phi) is 5.50. The van der Waals surface area contributed by atoms with Gasteiger partial charge < -0.3 is 4.90 Å². The molecular formula is C17H31ClN6O. The number of carbonyl (C=O) groups is 1. The SMILES string of the molecule is CN1NCC2C(CN3CCN(C4CNNC(=O)C4Cl)CC3)CCCC21. The number of hydrogen-bond acceptors (Lipinski definition) is 6. The van der Waals surface area contributed by atoms with Crippen molar-refractivity contribution in [1.82, 2.24) is 31.1 Å². The topological polar surface area (TPSA) is 62.9 Å². The predicted octanol–water partition coefficient (Wildman–Crippen LogP) is -0.551. The number of nitrogens with zero attached hydrogens (tertiary/aromatic N) is 3. The van der Waals surface area contributed by atoms with E-state index in [9.17, 15) is 4.79 Å². The highest BCUT2D eigenvalue weighted by molar-refractivity contribution is 6.31. The lowest BCUT2D eigenvalue weighted by molar-refractivity contribution is -0.125. The molecule has 7 nitrogen and oxygen atoms in total. The minimum atomic E-state index is -0.452. The minimum absolute atomic E-state index is 0.101. The van der Waals surface area contributed by atoms with Crippen molar-refractivity contribution in [2.24, 2.45) is 11.8 Å². The molecule has 1 saturated carbocycles. The van der Waals surface area contributed by atoms with Gasteiger partial charge in [-0.05, 0) is 24.7 Å². The van der Waals surface area contributed by atoms with Crippen molar-refractivity contribution in [2.75, 3.05) is 52.9 Å². The van der Waals surface area contributed by atoms with Crippen molar-refractivity contribution in [3.8, 4) is 0 Å². The van der Waals surface area contributed by atoms with Crippen LogP contribution in [-0.2, 0) is 4.79 Å². The third-order valence-electron chi connectivity index (χ3n) is 6.73. The first-order chi connectivity index (χ1) is 12.1. The number of piperazine rings is 1. The van der Waals surface area contributed by atoms with Gasteiger partial charge in [0.1, 0.15) is 5.38 Å². The lowest BCUT2D eigenvalue weighted by atomic mass is 9.76. The summed E-state index contributed by atoms with van der Waals surface area (Å²) >= 11 is 6.31. The van der Waals surface area contributed by atoms with Gasteiger partial charge in [-0.2, -0.15) is 0 Å². The van der Waals surface area contributed by atoms with E-state index in [1.807, 2.05) is 0 Å². The Hall–Kier alpha value is -0.440. The summed E-state index contributed by atoms with van der Waals surface area (Å²) in [5, 5.41) is 1.89. The quantitative estimate of drug-likeness (QED) is 0.579. The molecule has 0 bridgehead atoms. The van der Waals surface area contributed by atoms with E-state index in [1.54, 1.807) is 0 Å². The summed E-state index contributed by atoms with van der Waals surface area (Å²) in [5.41, 5.74) is 9.12. The maximum atomic E-state index is 11.8. The molecule has 3 aliphatic heterocycles. The Balaban J connectivity index is 1.28. The maximum Gasteiger partial charge on any atom is 0.253 e. The lowest BCUT2D eigenvalue weighted by Gasteiger charge is -2.44. The van der Waals surface area contributed by atoms with Gasteiger partial charge in [-0.3, -0.25) is 20.5 Å². The summed E-state index contributed by atoms with van der Waals surface area (Å²) in [6, 6.07) is 0.827. The van der Waals surface area contributed by atoms with Crippen molar-refractivity contribution >= 4 is 17.5 Å². The fourth-order valence-corrected chi connectivity index (χ4v) is 5.52. The van der Waals surface area contributed by atoms with Crippen LogP contribution < -0.4 is 16.3 Å².